The number of carbonyl (C=O) groups excluding carboxylic acids is 1. The number of benzene rings is 1. The lowest BCUT2D eigenvalue weighted by molar-refractivity contribution is -0.0324. The molecule has 2 amide bonds. The topological polar surface area (TPSA) is 87.2 Å². The zero-order valence-electron chi connectivity index (χ0n) is 20.5. The number of likely N-dealkylation sites (tertiary alicyclic amines) is 1. The van der Waals surface area contributed by atoms with Gasteiger partial charge in [-0.3, -0.25) is 0 Å². The molecule has 4 rings (SSSR count). The van der Waals surface area contributed by atoms with Crippen LogP contribution in [0.15, 0.2) is 30.3 Å². The molecule has 2 aromatic rings. The maximum absolute atomic E-state index is 12.8. The van der Waals surface area contributed by atoms with E-state index in [4.69, 9.17) is 9.47 Å². The minimum Gasteiger partial charge on any atom is -0.475 e. The summed E-state index contributed by atoms with van der Waals surface area (Å²) in [5, 5.41) is 12.1. The Kier molecular flexibility index (Phi) is 8.93. The highest BCUT2D eigenvalue weighted by molar-refractivity contribution is 8.02. The maximum atomic E-state index is 12.8. The molecule has 0 saturated carbocycles. The first-order chi connectivity index (χ1) is 17.7. The minimum atomic E-state index is -4.31. The Morgan fingerprint density at radius 1 is 1.27 bits per heavy atom. The predicted octanol–water partition coefficient (Wildman–Crippen LogP) is 4.53. The summed E-state index contributed by atoms with van der Waals surface area (Å²) in [6.45, 7) is 5.17. The van der Waals surface area contributed by atoms with Gasteiger partial charge >= 0.3 is 11.5 Å². The third kappa shape index (κ3) is 7.59. The second-order valence-corrected chi connectivity index (χ2v) is 9.85. The molecule has 2 N–H and O–H groups in total. The number of aromatic nitrogens is 1. The number of ether oxygens (including phenoxy) is 2. The van der Waals surface area contributed by atoms with Crippen molar-refractivity contribution in [1.29, 1.82) is 0 Å². The number of amides is 2. The van der Waals surface area contributed by atoms with Crippen LogP contribution >= 0.6 is 11.8 Å². The highest BCUT2D eigenvalue weighted by Gasteiger charge is 2.40. The van der Waals surface area contributed by atoms with E-state index in [0.29, 0.717) is 50.8 Å². The van der Waals surface area contributed by atoms with Crippen molar-refractivity contribution in [2.45, 2.75) is 18.9 Å². The highest BCUT2D eigenvalue weighted by atomic mass is 32.2. The average Bonchev–Trinajstić information content (AvgIpc) is 3.37. The fourth-order valence-electron chi connectivity index (χ4n) is 4.29. The van der Waals surface area contributed by atoms with E-state index < -0.39 is 5.51 Å². The number of thioether (sulfide) groups is 1. The molecule has 2 fully saturated rings. The zero-order valence-corrected chi connectivity index (χ0v) is 21.3. The van der Waals surface area contributed by atoms with Gasteiger partial charge in [-0.15, -0.1) is 0 Å². The van der Waals surface area contributed by atoms with Crippen LogP contribution in [0.2, 0.25) is 0 Å². The van der Waals surface area contributed by atoms with Gasteiger partial charge in [0.25, 0.3) is 0 Å². The van der Waals surface area contributed by atoms with Crippen molar-refractivity contribution in [2.75, 3.05) is 62.8 Å². The van der Waals surface area contributed by atoms with Gasteiger partial charge in [0.15, 0.2) is 17.5 Å². The Morgan fingerprint density at radius 2 is 2.05 bits per heavy atom. The first kappa shape index (κ1) is 27.2. The minimum absolute atomic E-state index is 0.115. The number of rotatable bonds is 8. The molecule has 1 aromatic carbocycles. The van der Waals surface area contributed by atoms with Gasteiger partial charge in [0.1, 0.15) is 18.3 Å². The number of hydrogen-bond donors (Lipinski definition) is 2. The van der Waals surface area contributed by atoms with Crippen molar-refractivity contribution in [3.63, 3.8) is 0 Å². The van der Waals surface area contributed by atoms with Crippen molar-refractivity contribution >= 4 is 29.3 Å². The molecule has 0 bridgehead atoms. The quantitative estimate of drug-likeness (QED) is 0.477. The van der Waals surface area contributed by atoms with E-state index in [1.165, 1.54) is 10.7 Å². The van der Waals surface area contributed by atoms with Gasteiger partial charge in [-0.25, -0.2) is 4.79 Å². The number of halogens is 3. The molecule has 200 valence electrons. The molecule has 1 unspecified atom stereocenters. The monoisotopic (exact) mass is 539 g/mol. The molecule has 0 radical (unpaired) electrons. The van der Waals surface area contributed by atoms with Gasteiger partial charge in [-0.05, 0) is 41.8 Å². The van der Waals surface area contributed by atoms with Crippen LogP contribution < -0.4 is 15.0 Å². The first-order valence-electron chi connectivity index (χ1n) is 12.0. The van der Waals surface area contributed by atoms with E-state index in [1.807, 2.05) is 25.1 Å². The smallest absolute Gasteiger partial charge is 0.475 e. The SMILES string of the molecule is Cc1ccc(NC(=O)N2CCC([CH+]SC(F)(F)F)C2)cc1-c1cc(OCCO)nc(N2CCOCC2)c1. The molecule has 1 aromatic heterocycles. The molecule has 8 nitrogen and oxygen atoms in total. The fourth-order valence-corrected chi connectivity index (χ4v) is 4.86. The van der Waals surface area contributed by atoms with Gasteiger partial charge in [0.05, 0.1) is 26.4 Å². The van der Waals surface area contributed by atoms with E-state index >= 15 is 0 Å². The molecule has 2 aliphatic heterocycles. The summed E-state index contributed by atoms with van der Waals surface area (Å²) in [5.74, 6) is 1.98. The summed E-state index contributed by atoms with van der Waals surface area (Å²) in [4.78, 5) is 21.1. The van der Waals surface area contributed by atoms with Crippen LogP contribution in [0.25, 0.3) is 11.1 Å². The van der Waals surface area contributed by atoms with Crippen LogP contribution in [0.3, 0.4) is 0 Å². The number of anilines is 2. The molecule has 2 saturated heterocycles. The summed E-state index contributed by atoms with van der Waals surface area (Å²) in [6, 6.07) is 8.97. The molecule has 37 heavy (non-hydrogen) atoms. The van der Waals surface area contributed by atoms with Gasteiger partial charge < -0.3 is 29.7 Å². The van der Waals surface area contributed by atoms with E-state index in [2.05, 4.69) is 15.2 Å². The standard InChI is InChI=1S/C25H29F3N4O4S/c1-17-2-3-20(29-24(34)32-5-4-18(15-32)16-37-25(26,27)28)14-21(17)19-12-22(31-6-9-35-10-7-31)30-23(13-19)36-11-8-33/h2-3,12-14,16,18,33H,4-11,15H2,1H3/p+1. The average molecular weight is 540 g/mol. The third-order valence-corrected chi connectivity index (χ3v) is 6.96. The lowest BCUT2D eigenvalue weighted by Crippen LogP contribution is -2.36. The number of aliphatic hydroxyl groups excluding tert-OH is 1. The summed E-state index contributed by atoms with van der Waals surface area (Å²) in [6.07, 6.45) is 0.494. The number of hydrogen-bond acceptors (Lipinski definition) is 7. The number of nitrogens with zero attached hydrogens (tertiary/aromatic N) is 3. The summed E-state index contributed by atoms with van der Waals surface area (Å²) >= 11 is -0.156. The maximum Gasteiger partial charge on any atom is 0.486 e. The Hall–Kier alpha value is -2.83. The number of urea groups is 1. The molecule has 3 heterocycles. The van der Waals surface area contributed by atoms with Crippen molar-refractivity contribution < 1.29 is 32.5 Å². The van der Waals surface area contributed by atoms with Gasteiger partial charge in [0.2, 0.25) is 5.88 Å². The Labute approximate surface area is 218 Å². The van der Waals surface area contributed by atoms with Crippen LogP contribution in [0.4, 0.5) is 29.5 Å². The number of alkyl halides is 3. The van der Waals surface area contributed by atoms with Gasteiger partial charge in [-0.2, -0.15) is 18.2 Å². The van der Waals surface area contributed by atoms with Crippen molar-refractivity contribution in [1.82, 2.24) is 9.88 Å². The summed E-state index contributed by atoms with van der Waals surface area (Å²) in [5.41, 5.74) is -1.04. The largest absolute Gasteiger partial charge is 0.486 e. The second kappa shape index (κ2) is 12.1. The summed E-state index contributed by atoms with van der Waals surface area (Å²) in [7, 11) is 0. The van der Waals surface area contributed by atoms with E-state index in [0.717, 1.165) is 22.5 Å². The van der Waals surface area contributed by atoms with Crippen molar-refractivity contribution in [2.24, 2.45) is 5.92 Å². The molecule has 2 aliphatic rings. The highest BCUT2D eigenvalue weighted by Crippen LogP contribution is 2.37. The van der Waals surface area contributed by atoms with E-state index in [-0.39, 0.29) is 43.5 Å². The number of morpholine rings is 1. The van der Waals surface area contributed by atoms with Crippen LogP contribution in [-0.4, -0.2) is 79.1 Å². The molecule has 0 spiro atoms. The zero-order chi connectivity index (χ0) is 26.4. The van der Waals surface area contributed by atoms with E-state index in [9.17, 15) is 23.1 Å². The normalized spacial score (nSPS) is 18.1. The van der Waals surface area contributed by atoms with Crippen LogP contribution in [0.1, 0.15) is 12.0 Å². The Bertz CT molecular complexity index is 1080. The lowest BCUT2D eigenvalue weighted by atomic mass is 10.0. The lowest BCUT2D eigenvalue weighted by Gasteiger charge is -2.28. The predicted molar refractivity (Wildman–Crippen MR) is 137 cm³/mol. The van der Waals surface area contributed by atoms with Gasteiger partial charge in [-0.1, -0.05) is 6.07 Å². The molecular formula is C25H30F3N4O4S+. The number of aliphatic hydroxyl groups is 1. The first-order valence-corrected chi connectivity index (χ1v) is 12.9. The van der Waals surface area contributed by atoms with E-state index in [1.54, 1.807) is 12.1 Å². The Morgan fingerprint density at radius 3 is 2.78 bits per heavy atom. The number of carbonyl (C=O) groups is 1. The number of nitrogens with one attached hydrogen (secondary N) is 1. The second-order valence-electron chi connectivity index (χ2n) is 8.88. The van der Waals surface area contributed by atoms with Crippen LogP contribution in [0.5, 0.6) is 5.88 Å². The molecule has 1 atom stereocenters. The van der Waals surface area contributed by atoms with Crippen molar-refractivity contribution in [3.8, 4) is 17.0 Å². The fraction of sp³-hybridized carbons (Fsp3) is 0.480. The van der Waals surface area contributed by atoms with Crippen LogP contribution in [0, 0.1) is 18.6 Å². The van der Waals surface area contributed by atoms with Crippen molar-refractivity contribution in [3.05, 3.63) is 41.6 Å². The number of pyridine rings is 1. The summed E-state index contributed by atoms with van der Waals surface area (Å²) < 4.78 is 48.5. The molecule has 12 heteroatoms. The Balaban J connectivity index is 1.50. The van der Waals surface area contributed by atoms with Crippen LogP contribution in [-0.2, 0) is 4.74 Å². The molecular weight excluding hydrogens is 509 g/mol. The van der Waals surface area contributed by atoms with Gasteiger partial charge in [0, 0.05) is 37.8 Å². The number of aryl methyl sites for hydroxylation is 1. The molecule has 0 aliphatic carbocycles. The third-order valence-electron chi connectivity index (χ3n) is 6.17.